The molecule has 1 N–H and O–H groups in total. The Bertz CT molecular complexity index is 540. The van der Waals surface area contributed by atoms with Crippen LogP contribution in [0, 0.1) is 11.7 Å². The highest BCUT2D eigenvalue weighted by Gasteiger charge is 2.07. The Labute approximate surface area is 119 Å². The van der Waals surface area contributed by atoms with Crippen LogP contribution in [0.1, 0.15) is 19.4 Å². The van der Waals surface area contributed by atoms with Gasteiger partial charge in [0.15, 0.2) is 0 Å². The summed E-state index contributed by atoms with van der Waals surface area (Å²) in [7, 11) is 0. The molecule has 0 aliphatic carbocycles. The average molecular weight is 273 g/mol. The Kier molecular flexibility index (Phi) is 5.13. The summed E-state index contributed by atoms with van der Waals surface area (Å²) in [4.78, 5) is 0. The molecule has 0 radical (unpaired) electrons. The minimum Gasteiger partial charge on any atom is -0.457 e. The normalized spacial score (nSPS) is 10.8. The third-order valence-electron chi connectivity index (χ3n) is 2.86. The maximum atomic E-state index is 13.4. The van der Waals surface area contributed by atoms with Crippen molar-refractivity contribution in [2.75, 3.05) is 6.54 Å². The number of benzene rings is 2. The molecule has 0 atom stereocenters. The fourth-order valence-corrected chi connectivity index (χ4v) is 1.90. The van der Waals surface area contributed by atoms with E-state index >= 15 is 0 Å². The van der Waals surface area contributed by atoms with Crippen LogP contribution >= 0.6 is 0 Å². The predicted molar refractivity (Wildman–Crippen MR) is 79.5 cm³/mol. The van der Waals surface area contributed by atoms with Gasteiger partial charge in [-0.25, -0.2) is 4.39 Å². The zero-order valence-corrected chi connectivity index (χ0v) is 11.9. The minimum atomic E-state index is -0.244. The first kappa shape index (κ1) is 14.5. The third kappa shape index (κ3) is 4.35. The molecule has 0 amide bonds. The molecular formula is C17H20FNO. The van der Waals surface area contributed by atoms with Crippen molar-refractivity contribution < 1.29 is 9.13 Å². The molecular weight excluding hydrogens is 253 g/mol. The van der Waals surface area contributed by atoms with Crippen molar-refractivity contribution in [1.29, 1.82) is 0 Å². The Balaban J connectivity index is 2.11. The summed E-state index contributed by atoms with van der Waals surface area (Å²) >= 11 is 0. The van der Waals surface area contributed by atoms with Crippen molar-refractivity contribution in [2.45, 2.75) is 20.4 Å². The van der Waals surface area contributed by atoms with Gasteiger partial charge in [-0.2, -0.15) is 0 Å². The topological polar surface area (TPSA) is 21.3 Å². The van der Waals surface area contributed by atoms with Crippen molar-refractivity contribution in [3.63, 3.8) is 0 Å². The van der Waals surface area contributed by atoms with Crippen LogP contribution in [0.5, 0.6) is 11.5 Å². The summed E-state index contributed by atoms with van der Waals surface area (Å²) in [6.45, 7) is 5.76. The maximum absolute atomic E-state index is 13.4. The molecule has 2 aromatic rings. The molecule has 2 rings (SSSR count). The van der Waals surface area contributed by atoms with Crippen LogP contribution in [-0.4, -0.2) is 6.54 Å². The number of halogens is 1. The number of para-hydroxylation sites is 1. The quantitative estimate of drug-likeness (QED) is 0.844. The molecule has 106 valence electrons. The summed E-state index contributed by atoms with van der Waals surface area (Å²) in [6.07, 6.45) is 0. The van der Waals surface area contributed by atoms with Crippen LogP contribution < -0.4 is 10.1 Å². The van der Waals surface area contributed by atoms with E-state index < -0.39 is 0 Å². The lowest BCUT2D eigenvalue weighted by Crippen LogP contribution is -2.19. The van der Waals surface area contributed by atoms with E-state index in [2.05, 4.69) is 19.2 Å². The highest BCUT2D eigenvalue weighted by Crippen LogP contribution is 2.25. The van der Waals surface area contributed by atoms with Crippen LogP contribution in [0.25, 0.3) is 0 Å². The van der Waals surface area contributed by atoms with Gasteiger partial charge in [-0.05, 0) is 42.8 Å². The van der Waals surface area contributed by atoms with Gasteiger partial charge in [-0.1, -0.05) is 32.0 Å². The lowest BCUT2D eigenvalue weighted by Gasteiger charge is -2.13. The molecule has 0 aliphatic rings. The SMILES string of the molecule is CC(C)CNCc1cc(F)ccc1Oc1ccccc1. The smallest absolute Gasteiger partial charge is 0.132 e. The lowest BCUT2D eigenvalue weighted by molar-refractivity contribution is 0.466. The van der Waals surface area contributed by atoms with Gasteiger partial charge in [0.2, 0.25) is 0 Å². The zero-order valence-electron chi connectivity index (χ0n) is 11.9. The third-order valence-corrected chi connectivity index (χ3v) is 2.86. The number of rotatable bonds is 6. The molecule has 2 aromatic carbocycles. The predicted octanol–water partition coefficient (Wildman–Crippen LogP) is 4.36. The molecule has 0 fully saturated rings. The summed E-state index contributed by atoms with van der Waals surface area (Å²) < 4.78 is 19.2. The molecule has 0 saturated heterocycles. The van der Waals surface area contributed by atoms with Gasteiger partial charge < -0.3 is 10.1 Å². The first-order chi connectivity index (χ1) is 9.65. The molecule has 0 heterocycles. The van der Waals surface area contributed by atoms with Gasteiger partial charge in [0.25, 0.3) is 0 Å². The first-order valence-electron chi connectivity index (χ1n) is 6.87. The first-order valence-corrected chi connectivity index (χ1v) is 6.87. The van der Waals surface area contributed by atoms with Crippen molar-refractivity contribution in [3.8, 4) is 11.5 Å². The van der Waals surface area contributed by atoms with Crippen molar-refractivity contribution in [2.24, 2.45) is 5.92 Å². The highest BCUT2D eigenvalue weighted by atomic mass is 19.1. The Morgan fingerprint density at radius 3 is 2.55 bits per heavy atom. The van der Waals surface area contributed by atoms with Crippen molar-refractivity contribution in [1.82, 2.24) is 5.32 Å². The highest BCUT2D eigenvalue weighted by molar-refractivity contribution is 5.38. The van der Waals surface area contributed by atoms with Crippen LogP contribution in [-0.2, 0) is 6.54 Å². The molecule has 0 aromatic heterocycles. The van der Waals surface area contributed by atoms with Crippen LogP contribution in [0.15, 0.2) is 48.5 Å². The molecule has 20 heavy (non-hydrogen) atoms. The standard InChI is InChI=1S/C17H20FNO/c1-13(2)11-19-12-14-10-15(18)8-9-17(14)20-16-6-4-3-5-7-16/h3-10,13,19H,11-12H2,1-2H3. The number of nitrogens with one attached hydrogen (secondary N) is 1. The second kappa shape index (κ2) is 7.06. The van der Waals surface area contributed by atoms with E-state index in [1.807, 2.05) is 30.3 Å². The molecule has 3 heteroatoms. The Hall–Kier alpha value is -1.87. The van der Waals surface area contributed by atoms with Crippen LogP contribution in [0.3, 0.4) is 0 Å². The van der Waals surface area contributed by atoms with E-state index in [1.54, 1.807) is 6.07 Å². The van der Waals surface area contributed by atoms with E-state index in [1.165, 1.54) is 12.1 Å². The van der Waals surface area contributed by atoms with Crippen molar-refractivity contribution >= 4 is 0 Å². The molecule has 0 spiro atoms. The van der Waals surface area contributed by atoms with Crippen molar-refractivity contribution in [3.05, 3.63) is 59.9 Å². The lowest BCUT2D eigenvalue weighted by atomic mass is 10.1. The molecule has 0 aliphatic heterocycles. The van der Waals surface area contributed by atoms with Gasteiger partial charge in [0.1, 0.15) is 17.3 Å². The van der Waals surface area contributed by atoms with Gasteiger partial charge in [0, 0.05) is 12.1 Å². The number of hydrogen-bond acceptors (Lipinski definition) is 2. The fourth-order valence-electron chi connectivity index (χ4n) is 1.90. The average Bonchev–Trinajstić information content (AvgIpc) is 2.42. The molecule has 0 saturated carbocycles. The van der Waals surface area contributed by atoms with Crippen LogP contribution in [0.2, 0.25) is 0 Å². The zero-order chi connectivity index (χ0) is 14.4. The van der Waals surface area contributed by atoms with Gasteiger partial charge in [0.05, 0.1) is 0 Å². The summed E-state index contributed by atoms with van der Waals surface area (Å²) in [5.41, 5.74) is 0.828. The molecule has 2 nitrogen and oxygen atoms in total. The largest absolute Gasteiger partial charge is 0.457 e. The Morgan fingerprint density at radius 1 is 1.10 bits per heavy atom. The number of ether oxygens (including phenoxy) is 1. The minimum absolute atomic E-state index is 0.244. The fraction of sp³-hybridized carbons (Fsp3) is 0.294. The second-order valence-corrected chi connectivity index (χ2v) is 5.19. The van der Waals surface area contributed by atoms with E-state index in [9.17, 15) is 4.39 Å². The Morgan fingerprint density at radius 2 is 1.85 bits per heavy atom. The molecule has 0 bridgehead atoms. The summed E-state index contributed by atoms with van der Waals surface area (Å²) in [5, 5.41) is 3.31. The van der Waals surface area contributed by atoms with Gasteiger partial charge in [-0.15, -0.1) is 0 Å². The van der Waals surface area contributed by atoms with Gasteiger partial charge >= 0.3 is 0 Å². The van der Waals surface area contributed by atoms with Gasteiger partial charge in [-0.3, -0.25) is 0 Å². The van der Waals surface area contributed by atoms with Crippen LogP contribution in [0.4, 0.5) is 4.39 Å². The maximum Gasteiger partial charge on any atom is 0.132 e. The van der Waals surface area contributed by atoms with E-state index in [0.29, 0.717) is 18.2 Å². The van der Waals surface area contributed by atoms with E-state index in [4.69, 9.17) is 4.74 Å². The molecule has 0 unspecified atom stereocenters. The number of hydrogen-bond donors (Lipinski definition) is 1. The monoisotopic (exact) mass is 273 g/mol. The summed E-state index contributed by atoms with van der Waals surface area (Å²) in [5.74, 6) is 1.76. The summed E-state index contributed by atoms with van der Waals surface area (Å²) in [6, 6.07) is 14.1. The second-order valence-electron chi connectivity index (χ2n) is 5.19. The van der Waals surface area contributed by atoms with E-state index in [0.717, 1.165) is 17.9 Å². The van der Waals surface area contributed by atoms with E-state index in [-0.39, 0.29) is 5.82 Å².